The Morgan fingerprint density at radius 3 is 2.67 bits per heavy atom. The van der Waals surface area contributed by atoms with Gasteiger partial charge in [-0.3, -0.25) is 4.79 Å². The van der Waals surface area contributed by atoms with Gasteiger partial charge in [0.15, 0.2) is 5.13 Å². The normalized spacial score (nSPS) is 16.4. The highest BCUT2D eigenvalue weighted by molar-refractivity contribution is 7.98. The maximum Gasteiger partial charge on any atom is 0.233 e. The van der Waals surface area contributed by atoms with Crippen molar-refractivity contribution in [1.29, 1.82) is 0 Å². The Labute approximate surface area is 167 Å². The van der Waals surface area contributed by atoms with Gasteiger partial charge in [0.25, 0.3) is 0 Å². The van der Waals surface area contributed by atoms with Crippen LogP contribution >= 0.6 is 23.1 Å². The number of amides is 1. The van der Waals surface area contributed by atoms with Gasteiger partial charge in [0, 0.05) is 10.3 Å². The third-order valence-electron chi connectivity index (χ3n) is 4.78. The molecule has 1 amide bonds. The number of hydrogen-bond acceptors (Lipinski definition) is 6. The van der Waals surface area contributed by atoms with Gasteiger partial charge in [-0.05, 0) is 49.1 Å². The molecule has 2 unspecified atom stereocenters. The Morgan fingerprint density at radius 2 is 2.04 bits per heavy atom. The molecule has 2 atom stereocenters. The fourth-order valence-electron chi connectivity index (χ4n) is 3.21. The molecule has 3 rings (SSSR count). The van der Waals surface area contributed by atoms with Crippen molar-refractivity contribution in [3.8, 4) is 0 Å². The van der Waals surface area contributed by atoms with E-state index < -0.39 is 12.7 Å². The number of nitrogens with one attached hydrogen (secondary N) is 1. The number of thiazole rings is 1. The molecule has 0 radical (unpaired) electrons. The first kappa shape index (κ1) is 20.1. The van der Waals surface area contributed by atoms with Crippen molar-refractivity contribution < 1.29 is 15.0 Å². The average molecular weight is 405 g/mol. The van der Waals surface area contributed by atoms with E-state index in [1.807, 2.05) is 30.5 Å². The van der Waals surface area contributed by atoms with Crippen molar-refractivity contribution in [2.24, 2.45) is 5.92 Å². The molecule has 7 heteroatoms. The zero-order valence-electron chi connectivity index (χ0n) is 15.2. The number of allylic oxidation sites excluding steroid dienone is 2. The number of aliphatic hydroxyl groups is 2. The number of benzene rings is 1. The molecule has 1 aliphatic carbocycles. The predicted molar refractivity (Wildman–Crippen MR) is 110 cm³/mol. The molecular weight excluding hydrogens is 380 g/mol. The second-order valence-corrected chi connectivity index (χ2v) is 8.37. The van der Waals surface area contributed by atoms with E-state index in [2.05, 4.69) is 22.5 Å². The summed E-state index contributed by atoms with van der Waals surface area (Å²) in [4.78, 5) is 18.4. The summed E-state index contributed by atoms with van der Waals surface area (Å²) in [6.07, 6.45) is 8.18. The van der Waals surface area contributed by atoms with Gasteiger partial charge in [0.05, 0.1) is 18.2 Å². The second kappa shape index (κ2) is 9.50. The number of nitrogens with zero attached hydrogens (tertiary/aromatic N) is 1. The van der Waals surface area contributed by atoms with Gasteiger partial charge < -0.3 is 15.5 Å². The van der Waals surface area contributed by atoms with Crippen LogP contribution in [0.25, 0.3) is 0 Å². The van der Waals surface area contributed by atoms with Crippen molar-refractivity contribution in [2.45, 2.75) is 36.2 Å². The van der Waals surface area contributed by atoms with Crippen molar-refractivity contribution in [3.63, 3.8) is 0 Å². The second-order valence-electron chi connectivity index (χ2n) is 6.64. The van der Waals surface area contributed by atoms with Crippen LogP contribution in [0.1, 0.15) is 42.5 Å². The van der Waals surface area contributed by atoms with Crippen LogP contribution in [-0.2, 0) is 4.79 Å². The number of carbonyl (C=O) groups excluding carboxylic acids is 1. The maximum absolute atomic E-state index is 13.0. The van der Waals surface area contributed by atoms with Gasteiger partial charge in [-0.1, -0.05) is 24.3 Å². The van der Waals surface area contributed by atoms with Crippen molar-refractivity contribution in [3.05, 3.63) is 53.1 Å². The highest BCUT2D eigenvalue weighted by Gasteiger charge is 2.26. The third kappa shape index (κ3) is 5.19. The van der Waals surface area contributed by atoms with Crippen LogP contribution in [0, 0.1) is 5.92 Å². The van der Waals surface area contributed by atoms with Gasteiger partial charge in [0.2, 0.25) is 5.91 Å². The lowest BCUT2D eigenvalue weighted by Gasteiger charge is -2.20. The average Bonchev–Trinajstić information content (AvgIpc) is 3.37. The SMILES string of the molecule is CSc1ccc(C(CC2CC=CC2)C(=O)Nc2nc(C(O)CO)cs2)cc1. The minimum atomic E-state index is -1.02. The van der Waals surface area contributed by atoms with Crippen LogP contribution in [0.4, 0.5) is 5.13 Å². The Balaban J connectivity index is 1.75. The number of rotatable bonds is 8. The van der Waals surface area contributed by atoms with E-state index in [4.69, 9.17) is 5.11 Å². The molecule has 3 N–H and O–H groups in total. The van der Waals surface area contributed by atoms with E-state index in [1.165, 1.54) is 16.2 Å². The lowest BCUT2D eigenvalue weighted by molar-refractivity contribution is -0.118. The quantitative estimate of drug-likeness (QED) is 0.458. The van der Waals surface area contributed by atoms with Gasteiger partial charge in [-0.25, -0.2) is 4.98 Å². The van der Waals surface area contributed by atoms with Crippen LogP contribution in [0.15, 0.2) is 46.7 Å². The fraction of sp³-hybridized carbons (Fsp3) is 0.400. The predicted octanol–water partition coefficient (Wildman–Crippen LogP) is 3.97. The van der Waals surface area contributed by atoms with Crippen LogP contribution in [0.3, 0.4) is 0 Å². The third-order valence-corrected chi connectivity index (χ3v) is 6.30. The first-order valence-corrected chi connectivity index (χ1v) is 11.0. The summed E-state index contributed by atoms with van der Waals surface area (Å²) in [6, 6.07) is 8.15. The van der Waals surface area contributed by atoms with Gasteiger partial charge >= 0.3 is 0 Å². The fourth-order valence-corrected chi connectivity index (χ4v) is 4.38. The van der Waals surface area contributed by atoms with E-state index >= 15 is 0 Å². The van der Waals surface area contributed by atoms with Crippen molar-refractivity contribution in [2.75, 3.05) is 18.2 Å². The van der Waals surface area contributed by atoms with E-state index in [-0.39, 0.29) is 11.8 Å². The molecule has 144 valence electrons. The molecule has 0 saturated heterocycles. The molecule has 1 aliphatic rings. The smallest absolute Gasteiger partial charge is 0.233 e. The molecule has 0 fully saturated rings. The number of aliphatic hydroxyl groups excluding tert-OH is 2. The summed E-state index contributed by atoms with van der Waals surface area (Å²) in [5.41, 5.74) is 1.38. The van der Waals surface area contributed by atoms with Gasteiger partial charge in [-0.2, -0.15) is 0 Å². The molecule has 1 aromatic carbocycles. The molecule has 0 aliphatic heterocycles. The standard InChI is InChI=1S/C20H24N2O3S2/c1-26-15-8-6-14(7-9-15)16(10-13-4-2-3-5-13)19(25)22-20-21-17(12-27-20)18(24)11-23/h2-3,6-9,12-13,16,18,23-24H,4-5,10-11H2,1H3,(H,21,22,25). The van der Waals surface area contributed by atoms with E-state index in [1.54, 1.807) is 17.1 Å². The summed E-state index contributed by atoms with van der Waals surface area (Å²) in [5, 5.41) is 23.7. The van der Waals surface area contributed by atoms with E-state index in [9.17, 15) is 9.90 Å². The first-order valence-electron chi connectivity index (χ1n) is 8.95. The number of thioether (sulfide) groups is 1. The van der Waals surface area contributed by atoms with Crippen LogP contribution in [0.2, 0.25) is 0 Å². The molecule has 0 saturated carbocycles. The zero-order chi connectivity index (χ0) is 19.2. The minimum Gasteiger partial charge on any atom is -0.393 e. The minimum absolute atomic E-state index is 0.0850. The lowest BCUT2D eigenvalue weighted by Crippen LogP contribution is -2.23. The maximum atomic E-state index is 13.0. The molecule has 0 spiro atoms. The number of anilines is 1. The van der Waals surface area contributed by atoms with Gasteiger partial charge in [0.1, 0.15) is 6.10 Å². The first-order chi connectivity index (χ1) is 13.1. The molecule has 0 bridgehead atoms. The molecule has 5 nitrogen and oxygen atoms in total. The van der Waals surface area contributed by atoms with Crippen LogP contribution in [0.5, 0.6) is 0 Å². The Bertz CT molecular complexity index is 781. The molecule has 1 heterocycles. The van der Waals surface area contributed by atoms with Crippen LogP contribution < -0.4 is 5.32 Å². The number of aromatic nitrogens is 1. The molecule has 1 aromatic heterocycles. The molecular formula is C20H24N2O3S2. The number of hydrogen-bond donors (Lipinski definition) is 3. The van der Waals surface area contributed by atoms with Gasteiger partial charge in [-0.15, -0.1) is 23.1 Å². The zero-order valence-corrected chi connectivity index (χ0v) is 16.8. The van der Waals surface area contributed by atoms with Crippen molar-refractivity contribution in [1.82, 2.24) is 4.98 Å². The summed E-state index contributed by atoms with van der Waals surface area (Å²) in [6.45, 7) is -0.393. The highest BCUT2D eigenvalue weighted by Crippen LogP contribution is 2.33. The largest absolute Gasteiger partial charge is 0.393 e. The van der Waals surface area contributed by atoms with Crippen LogP contribution in [-0.4, -0.2) is 34.0 Å². The topological polar surface area (TPSA) is 82.5 Å². The lowest BCUT2D eigenvalue weighted by atomic mass is 9.87. The molecule has 27 heavy (non-hydrogen) atoms. The van der Waals surface area contributed by atoms with E-state index in [0.29, 0.717) is 16.7 Å². The highest BCUT2D eigenvalue weighted by atomic mass is 32.2. The monoisotopic (exact) mass is 404 g/mol. The molecule has 2 aromatic rings. The van der Waals surface area contributed by atoms with E-state index in [0.717, 1.165) is 24.8 Å². The summed E-state index contributed by atoms with van der Waals surface area (Å²) in [5.74, 6) is 0.142. The number of carbonyl (C=O) groups is 1. The van der Waals surface area contributed by atoms with Crippen molar-refractivity contribution >= 4 is 34.1 Å². The Hall–Kier alpha value is -1.67. The summed E-state index contributed by atoms with van der Waals surface area (Å²) < 4.78 is 0. The summed E-state index contributed by atoms with van der Waals surface area (Å²) in [7, 11) is 0. The summed E-state index contributed by atoms with van der Waals surface area (Å²) >= 11 is 2.93. The Morgan fingerprint density at radius 1 is 1.33 bits per heavy atom. The Kier molecular flexibility index (Phi) is 7.07.